The summed E-state index contributed by atoms with van der Waals surface area (Å²) in [6.45, 7) is 7.38. The summed E-state index contributed by atoms with van der Waals surface area (Å²) in [5.41, 5.74) is 9.46. The minimum absolute atomic E-state index is 0.139. The van der Waals surface area contributed by atoms with Gasteiger partial charge in [-0.15, -0.1) is 0 Å². The molecule has 3 nitrogen and oxygen atoms in total. The molecule has 108 valence electrons. The third-order valence-electron chi connectivity index (χ3n) is 4.67. The molecule has 0 amide bonds. The Balaban J connectivity index is 1.91. The van der Waals surface area contributed by atoms with E-state index < -0.39 is 0 Å². The number of nitrogens with zero attached hydrogens (tertiary/aromatic N) is 1. The van der Waals surface area contributed by atoms with Gasteiger partial charge in [-0.25, -0.2) is 4.98 Å². The minimum atomic E-state index is 0.139. The molecule has 2 N–H and O–H groups in total. The minimum Gasteiger partial charge on any atom is -0.441 e. The Kier molecular flexibility index (Phi) is 3.13. The number of fused-ring (bicyclic) bond motifs is 1. The van der Waals surface area contributed by atoms with E-state index in [0.717, 1.165) is 30.0 Å². The normalized spacial score (nSPS) is 18.2. The van der Waals surface area contributed by atoms with E-state index in [2.05, 4.69) is 37.9 Å². The molecular formula is C17H24N2O. The van der Waals surface area contributed by atoms with Gasteiger partial charge in [-0.05, 0) is 47.9 Å². The second kappa shape index (κ2) is 4.59. The third kappa shape index (κ3) is 2.35. The van der Waals surface area contributed by atoms with E-state index in [1.165, 1.54) is 24.8 Å². The van der Waals surface area contributed by atoms with Gasteiger partial charge in [0.25, 0.3) is 0 Å². The van der Waals surface area contributed by atoms with E-state index in [1.54, 1.807) is 0 Å². The highest BCUT2D eigenvalue weighted by Gasteiger charge is 2.37. The van der Waals surface area contributed by atoms with E-state index in [9.17, 15) is 0 Å². The predicted molar refractivity (Wildman–Crippen MR) is 81.8 cm³/mol. The molecular weight excluding hydrogens is 248 g/mol. The summed E-state index contributed by atoms with van der Waals surface area (Å²) in [6.07, 6.45) is 4.57. The second-order valence-corrected chi connectivity index (χ2v) is 7.27. The summed E-state index contributed by atoms with van der Waals surface area (Å²) in [6, 6.07) is 6.33. The highest BCUT2D eigenvalue weighted by atomic mass is 16.3. The molecule has 1 aromatic heterocycles. The van der Waals surface area contributed by atoms with Crippen molar-refractivity contribution in [3.8, 4) is 0 Å². The Morgan fingerprint density at radius 2 is 2.05 bits per heavy atom. The lowest BCUT2D eigenvalue weighted by Crippen LogP contribution is -2.39. The highest BCUT2D eigenvalue weighted by molar-refractivity contribution is 5.73. The van der Waals surface area contributed by atoms with Crippen LogP contribution in [0.25, 0.3) is 11.1 Å². The van der Waals surface area contributed by atoms with Crippen molar-refractivity contribution in [2.24, 2.45) is 11.1 Å². The van der Waals surface area contributed by atoms with E-state index >= 15 is 0 Å². The number of aromatic nitrogens is 1. The second-order valence-electron chi connectivity index (χ2n) is 7.27. The van der Waals surface area contributed by atoms with Crippen molar-refractivity contribution < 1.29 is 4.42 Å². The van der Waals surface area contributed by atoms with Crippen LogP contribution in [0.3, 0.4) is 0 Å². The van der Waals surface area contributed by atoms with Gasteiger partial charge in [-0.2, -0.15) is 0 Å². The Morgan fingerprint density at radius 3 is 2.60 bits per heavy atom. The number of rotatable bonds is 3. The van der Waals surface area contributed by atoms with Gasteiger partial charge in [-0.1, -0.05) is 33.3 Å². The van der Waals surface area contributed by atoms with Gasteiger partial charge in [0.1, 0.15) is 5.52 Å². The Labute approximate surface area is 120 Å². The molecule has 2 aromatic rings. The first-order valence-electron chi connectivity index (χ1n) is 7.52. The van der Waals surface area contributed by atoms with Gasteiger partial charge in [0.05, 0.1) is 0 Å². The lowest BCUT2D eigenvalue weighted by molar-refractivity contribution is 0.134. The zero-order chi connectivity index (χ0) is 14.4. The zero-order valence-corrected chi connectivity index (χ0v) is 12.7. The average molecular weight is 272 g/mol. The summed E-state index contributed by atoms with van der Waals surface area (Å²) in [5, 5.41) is 0. The Hall–Kier alpha value is -1.35. The highest BCUT2D eigenvalue weighted by Crippen LogP contribution is 2.42. The predicted octanol–water partition coefficient (Wildman–Crippen LogP) is 3.80. The summed E-state index contributed by atoms with van der Waals surface area (Å²) < 4.78 is 5.90. The van der Waals surface area contributed by atoms with Crippen LogP contribution in [-0.2, 0) is 11.8 Å². The molecule has 1 heterocycles. The fraction of sp³-hybridized carbons (Fsp3) is 0.588. The number of hydrogen-bond acceptors (Lipinski definition) is 3. The van der Waals surface area contributed by atoms with Crippen LogP contribution in [0.5, 0.6) is 0 Å². The first-order valence-corrected chi connectivity index (χ1v) is 7.52. The van der Waals surface area contributed by atoms with Crippen molar-refractivity contribution in [2.75, 3.05) is 6.54 Å². The Bertz CT molecular complexity index is 612. The van der Waals surface area contributed by atoms with Gasteiger partial charge >= 0.3 is 0 Å². The molecule has 3 rings (SSSR count). The van der Waals surface area contributed by atoms with Gasteiger partial charge in [-0.3, -0.25) is 0 Å². The number of benzene rings is 1. The van der Waals surface area contributed by atoms with E-state index in [4.69, 9.17) is 10.2 Å². The van der Waals surface area contributed by atoms with Crippen LogP contribution in [-0.4, -0.2) is 11.5 Å². The number of oxazole rings is 1. The molecule has 0 unspecified atom stereocenters. The molecule has 0 saturated heterocycles. The molecule has 20 heavy (non-hydrogen) atoms. The van der Waals surface area contributed by atoms with Crippen molar-refractivity contribution in [1.82, 2.24) is 4.98 Å². The largest absolute Gasteiger partial charge is 0.441 e. The van der Waals surface area contributed by atoms with Gasteiger partial charge in [0.2, 0.25) is 0 Å². The molecule has 1 aromatic carbocycles. The maximum Gasteiger partial charge on any atom is 0.196 e. The van der Waals surface area contributed by atoms with Crippen molar-refractivity contribution in [1.29, 1.82) is 0 Å². The monoisotopic (exact) mass is 272 g/mol. The molecule has 1 fully saturated rings. The first-order chi connectivity index (χ1) is 9.42. The molecule has 0 bridgehead atoms. The summed E-state index contributed by atoms with van der Waals surface area (Å²) >= 11 is 0. The van der Waals surface area contributed by atoms with Gasteiger partial charge in [0.15, 0.2) is 11.5 Å². The van der Waals surface area contributed by atoms with Crippen LogP contribution in [0.1, 0.15) is 51.5 Å². The molecule has 1 aliphatic carbocycles. The third-order valence-corrected chi connectivity index (χ3v) is 4.67. The quantitative estimate of drug-likeness (QED) is 0.924. The molecule has 3 heteroatoms. The first kappa shape index (κ1) is 13.6. The van der Waals surface area contributed by atoms with Crippen LogP contribution >= 0.6 is 0 Å². The lowest BCUT2D eigenvalue weighted by Gasteiger charge is -2.39. The van der Waals surface area contributed by atoms with E-state index in [0.29, 0.717) is 0 Å². The van der Waals surface area contributed by atoms with E-state index in [1.807, 2.05) is 6.07 Å². The molecule has 0 spiro atoms. The summed E-state index contributed by atoms with van der Waals surface area (Å²) in [5.74, 6) is 0.844. The molecule has 1 aliphatic rings. The average Bonchev–Trinajstić information content (AvgIpc) is 2.73. The van der Waals surface area contributed by atoms with Crippen molar-refractivity contribution in [3.05, 3.63) is 29.7 Å². The van der Waals surface area contributed by atoms with Gasteiger partial charge < -0.3 is 10.2 Å². The topological polar surface area (TPSA) is 52.0 Å². The molecule has 0 aliphatic heterocycles. The van der Waals surface area contributed by atoms with Crippen LogP contribution in [0, 0.1) is 5.41 Å². The standard InChI is InChI=1S/C17H24N2O/c1-16(2,3)12-5-6-14-13(9-12)19-15(20-14)10-17(11-18)7-4-8-17/h5-6,9H,4,7-8,10-11,18H2,1-3H3. The van der Waals surface area contributed by atoms with Crippen molar-refractivity contribution in [2.45, 2.75) is 51.9 Å². The van der Waals surface area contributed by atoms with E-state index in [-0.39, 0.29) is 10.8 Å². The zero-order valence-electron chi connectivity index (χ0n) is 12.7. The van der Waals surface area contributed by atoms with Gasteiger partial charge in [0, 0.05) is 6.42 Å². The maximum absolute atomic E-state index is 5.92. The fourth-order valence-electron chi connectivity index (χ4n) is 2.97. The van der Waals surface area contributed by atoms with Crippen LogP contribution < -0.4 is 5.73 Å². The SMILES string of the molecule is CC(C)(C)c1ccc2oc(CC3(CN)CCC3)nc2c1. The van der Waals surface area contributed by atoms with Crippen molar-refractivity contribution >= 4 is 11.1 Å². The van der Waals surface area contributed by atoms with Crippen LogP contribution in [0.15, 0.2) is 22.6 Å². The summed E-state index contributed by atoms with van der Waals surface area (Å²) in [7, 11) is 0. The van der Waals surface area contributed by atoms with Crippen LogP contribution in [0.4, 0.5) is 0 Å². The fourth-order valence-corrected chi connectivity index (χ4v) is 2.97. The smallest absolute Gasteiger partial charge is 0.196 e. The van der Waals surface area contributed by atoms with Crippen LogP contribution in [0.2, 0.25) is 0 Å². The Morgan fingerprint density at radius 1 is 1.30 bits per heavy atom. The molecule has 0 atom stereocenters. The molecule has 0 radical (unpaired) electrons. The number of hydrogen-bond donors (Lipinski definition) is 1. The lowest BCUT2D eigenvalue weighted by atomic mass is 9.67. The maximum atomic E-state index is 5.92. The van der Waals surface area contributed by atoms with Crippen molar-refractivity contribution in [3.63, 3.8) is 0 Å². The number of nitrogens with two attached hydrogens (primary N) is 1. The summed E-state index contributed by atoms with van der Waals surface area (Å²) in [4.78, 5) is 4.68. The molecule has 1 saturated carbocycles.